The molecule has 0 aromatic carbocycles. The maximum absolute atomic E-state index is 11.3. The number of carbonyl (C=O) groups excluding carboxylic acids is 1. The van der Waals surface area contributed by atoms with Crippen LogP contribution in [-0.2, 0) is 4.79 Å². The van der Waals surface area contributed by atoms with E-state index in [0.29, 0.717) is 17.4 Å². The van der Waals surface area contributed by atoms with Crippen molar-refractivity contribution in [2.75, 3.05) is 0 Å². The van der Waals surface area contributed by atoms with Crippen molar-refractivity contribution < 1.29 is 4.79 Å². The van der Waals surface area contributed by atoms with E-state index >= 15 is 0 Å². The predicted octanol–water partition coefficient (Wildman–Crippen LogP) is 3.04. The molecule has 21 heavy (non-hydrogen) atoms. The van der Waals surface area contributed by atoms with Gasteiger partial charge >= 0.3 is 0 Å². The number of allylic oxidation sites excluding steroid dienone is 2. The molecule has 0 aromatic rings. The number of fused-ring (bicyclic) bond motifs is 5. The normalized spacial score (nSPS) is 51.2. The van der Waals surface area contributed by atoms with Crippen molar-refractivity contribution in [2.24, 2.45) is 34.3 Å². The molecule has 0 spiro atoms. The molecule has 6 atom stereocenters. The van der Waals surface area contributed by atoms with Gasteiger partial charge in [-0.2, -0.15) is 0 Å². The van der Waals surface area contributed by atoms with Gasteiger partial charge in [0, 0.05) is 23.4 Å². The Kier molecular flexibility index (Phi) is 2.73. The molecule has 2 fully saturated rings. The summed E-state index contributed by atoms with van der Waals surface area (Å²) in [5.74, 6) is 2.17. The Bertz CT molecular complexity index is 539. The number of rotatable bonds is 1. The van der Waals surface area contributed by atoms with Gasteiger partial charge in [0.05, 0.1) is 0 Å². The van der Waals surface area contributed by atoms with Crippen molar-refractivity contribution in [1.29, 1.82) is 0 Å². The second kappa shape index (κ2) is 4.22. The van der Waals surface area contributed by atoms with E-state index in [1.165, 1.54) is 31.4 Å². The zero-order valence-corrected chi connectivity index (χ0v) is 13.1. The fourth-order valence-electron chi connectivity index (χ4n) is 6.06. The average molecular weight is 286 g/mol. The molecule has 0 aromatic heterocycles. The Morgan fingerprint density at radius 2 is 2.10 bits per heavy atom. The minimum absolute atomic E-state index is 0.0534. The summed E-state index contributed by atoms with van der Waals surface area (Å²) in [6.45, 7) is 4.75. The van der Waals surface area contributed by atoms with Crippen LogP contribution in [0.3, 0.4) is 0 Å². The minimum Gasteiger partial charge on any atom is -0.327 e. The summed E-state index contributed by atoms with van der Waals surface area (Å²) < 4.78 is 0. The van der Waals surface area contributed by atoms with Gasteiger partial charge in [-0.25, -0.2) is 0 Å². The molecule has 2 N–H and O–H groups in total. The highest BCUT2D eigenvalue weighted by atomic mass is 16.1. The summed E-state index contributed by atoms with van der Waals surface area (Å²) in [4.78, 5) is 13.0. The van der Waals surface area contributed by atoms with Crippen LogP contribution >= 0.6 is 0 Å². The molecule has 4 aliphatic rings. The minimum atomic E-state index is 0.0534. The first-order chi connectivity index (χ1) is 10.0. The monoisotopic (exact) mass is 286 g/mol. The van der Waals surface area contributed by atoms with E-state index < -0.39 is 0 Å². The van der Waals surface area contributed by atoms with Gasteiger partial charge < -0.3 is 5.73 Å². The Labute approximate surface area is 127 Å². The molecule has 4 rings (SSSR count). The van der Waals surface area contributed by atoms with Crippen LogP contribution in [0.15, 0.2) is 24.0 Å². The molecule has 6 unspecified atom stereocenters. The van der Waals surface area contributed by atoms with E-state index in [1.54, 1.807) is 4.90 Å². The lowest BCUT2D eigenvalue weighted by Crippen LogP contribution is -2.51. The highest BCUT2D eigenvalue weighted by Crippen LogP contribution is 2.63. The summed E-state index contributed by atoms with van der Waals surface area (Å²) in [5, 5.41) is 0. The van der Waals surface area contributed by atoms with Gasteiger partial charge in [-0.3, -0.25) is 9.69 Å². The lowest BCUT2D eigenvalue weighted by Gasteiger charge is -2.54. The molecule has 114 valence electrons. The molecule has 0 radical (unpaired) electrons. The summed E-state index contributed by atoms with van der Waals surface area (Å²) in [5.41, 5.74) is 8.05. The van der Waals surface area contributed by atoms with Crippen LogP contribution in [0, 0.1) is 28.6 Å². The fourth-order valence-corrected chi connectivity index (χ4v) is 6.06. The van der Waals surface area contributed by atoms with Crippen LogP contribution in [0.25, 0.3) is 0 Å². The van der Waals surface area contributed by atoms with Crippen molar-refractivity contribution >= 4 is 6.41 Å². The molecule has 1 heterocycles. The molecule has 3 aliphatic carbocycles. The molecule has 0 saturated heterocycles. The van der Waals surface area contributed by atoms with E-state index in [2.05, 4.69) is 26.0 Å². The third-order valence-electron chi connectivity index (χ3n) is 7.39. The number of nitrogens with two attached hydrogens (primary N) is 1. The van der Waals surface area contributed by atoms with E-state index in [9.17, 15) is 4.79 Å². The van der Waals surface area contributed by atoms with Crippen molar-refractivity contribution in [2.45, 2.75) is 52.0 Å². The van der Waals surface area contributed by atoms with Crippen molar-refractivity contribution in [1.82, 2.24) is 4.90 Å². The van der Waals surface area contributed by atoms with E-state index in [0.717, 1.165) is 24.7 Å². The third-order valence-corrected chi connectivity index (χ3v) is 7.39. The summed E-state index contributed by atoms with van der Waals surface area (Å²) in [6.07, 6.45) is 13.6. The maximum atomic E-state index is 11.3. The summed E-state index contributed by atoms with van der Waals surface area (Å²) in [7, 11) is 0. The highest BCUT2D eigenvalue weighted by Gasteiger charge is 2.58. The fraction of sp³-hybridized carbons (Fsp3) is 0.722. The van der Waals surface area contributed by atoms with Crippen LogP contribution in [0.4, 0.5) is 0 Å². The van der Waals surface area contributed by atoms with Gasteiger partial charge in [-0.1, -0.05) is 26.0 Å². The molecule has 1 aliphatic heterocycles. The standard InChI is InChI=1S/C18H26N2O/c1-17-8-7-14-12(13(17)4-5-15(17)19)3-6-16-18(14,2)9-10-20(16)11-21/h6,9-15H,3-5,7-8,19H2,1-2H3. The smallest absolute Gasteiger partial charge is 0.217 e. The zero-order chi connectivity index (χ0) is 14.8. The first-order valence-corrected chi connectivity index (χ1v) is 8.40. The van der Waals surface area contributed by atoms with Crippen molar-refractivity contribution in [3.05, 3.63) is 24.0 Å². The summed E-state index contributed by atoms with van der Waals surface area (Å²) in [6, 6.07) is 0.382. The molecular formula is C18H26N2O. The molecule has 3 nitrogen and oxygen atoms in total. The summed E-state index contributed by atoms with van der Waals surface area (Å²) >= 11 is 0. The van der Waals surface area contributed by atoms with Gasteiger partial charge in [0.25, 0.3) is 0 Å². The van der Waals surface area contributed by atoms with Crippen LogP contribution in [0.5, 0.6) is 0 Å². The first-order valence-electron chi connectivity index (χ1n) is 8.40. The van der Waals surface area contributed by atoms with Gasteiger partial charge in [-0.05, 0) is 55.3 Å². The number of amides is 1. The van der Waals surface area contributed by atoms with Gasteiger partial charge in [0.2, 0.25) is 6.41 Å². The second-order valence-electron chi connectivity index (χ2n) is 8.04. The van der Waals surface area contributed by atoms with Gasteiger partial charge in [-0.15, -0.1) is 0 Å². The van der Waals surface area contributed by atoms with Crippen LogP contribution in [0.1, 0.15) is 46.0 Å². The molecule has 2 saturated carbocycles. The van der Waals surface area contributed by atoms with E-state index in [1.807, 2.05) is 6.20 Å². The molecular weight excluding hydrogens is 260 g/mol. The van der Waals surface area contributed by atoms with Crippen LogP contribution < -0.4 is 5.73 Å². The zero-order valence-electron chi connectivity index (χ0n) is 13.1. The number of nitrogens with zero attached hydrogens (tertiary/aromatic N) is 1. The lowest BCUT2D eigenvalue weighted by molar-refractivity contribution is -0.115. The Morgan fingerprint density at radius 3 is 2.86 bits per heavy atom. The van der Waals surface area contributed by atoms with Crippen LogP contribution in [0.2, 0.25) is 0 Å². The Morgan fingerprint density at radius 1 is 1.29 bits per heavy atom. The first kappa shape index (κ1) is 13.6. The number of hydrogen-bond acceptors (Lipinski definition) is 2. The van der Waals surface area contributed by atoms with Gasteiger partial charge in [0.1, 0.15) is 0 Å². The lowest BCUT2D eigenvalue weighted by atomic mass is 9.51. The topological polar surface area (TPSA) is 46.3 Å². The number of carbonyl (C=O) groups is 1. The maximum Gasteiger partial charge on any atom is 0.217 e. The van der Waals surface area contributed by atoms with E-state index in [4.69, 9.17) is 5.73 Å². The van der Waals surface area contributed by atoms with Crippen molar-refractivity contribution in [3.8, 4) is 0 Å². The molecule has 0 bridgehead atoms. The highest BCUT2D eigenvalue weighted by molar-refractivity contribution is 5.57. The van der Waals surface area contributed by atoms with Gasteiger partial charge in [0.15, 0.2) is 0 Å². The quantitative estimate of drug-likeness (QED) is 0.753. The Balaban J connectivity index is 1.72. The van der Waals surface area contributed by atoms with Crippen molar-refractivity contribution in [3.63, 3.8) is 0 Å². The predicted molar refractivity (Wildman–Crippen MR) is 82.9 cm³/mol. The molecule has 1 amide bonds. The van der Waals surface area contributed by atoms with Crippen LogP contribution in [-0.4, -0.2) is 17.4 Å². The number of hydrogen-bond donors (Lipinski definition) is 1. The van der Waals surface area contributed by atoms with E-state index in [-0.39, 0.29) is 5.41 Å². The third kappa shape index (κ3) is 1.56. The molecule has 3 heteroatoms. The Hall–Kier alpha value is -1.09. The largest absolute Gasteiger partial charge is 0.327 e. The average Bonchev–Trinajstić information content (AvgIpc) is 2.96. The SMILES string of the molecule is CC12C=CN(C=O)C1=CCC1C2CCC2(C)C(N)CCC12. The second-order valence-corrected chi connectivity index (χ2v) is 8.04.